The topological polar surface area (TPSA) is 20.2 Å². The van der Waals surface area contributed by atoms with Gasteiger partial charge in [-0.1, -0.05) is 6.92 Å². The average molecular weight is 261 g/mol. The van der Waals surface area contributed by atoms with Gasteiger partial charge in [-0.15, -0.1) is 11.3 Å². The number of halogens is 1. The Hall–Kier alpha value is 0.140. The third-order valence-corrected chi connectivity index (χ3v) is 5.03. The van der Waals surface area contributed by atoms with E-state index in [9.17, 15) is 5.11 Å². The maximum atomic E-state index is 10.5. The molecule has 1 nitrogen and oxygen atoms in total. The fourth-order valence-electron chi connectivity index (χ4n) is 2.10. The maximum absolute atomic E-state index is 10.5. The Kier molecular flexibility index (Phi) is 2.51. The molecule has 1 fully saturated rings. The Morgan fingerprint density at radius 3 is 2.92 bits per heavy atom. The molecule has 0 radical (unpaired) electrons. The van der Waals surface area contributed by atoms with Gasteiger partial charge in [-0.2, -0.15) is 0 Å². The first-order chi connectivity index (χ1) is 6.14. The van der Waals surface area contributed by atoms with Gasteiger partial charge in [0.1, 0.15) is 5.60 Å². The van der Waals surface area contributed by atoms with E-state index in [1.54, 1.807) is 11.3 Å². The van der Waals surface area contributed by atoms with Gasteiger partial charge in [0.05, 0.1) is 4.88 Å². The van der Waals surface area contributed by atoms with Crippen LogP contribution in [0.25, 0.3) is 0 Å². The monoisotopic (exact) mass is 260 g/mol. The summed E-state index contributed by atoms with van der Waals surface area (Å²) in [5, 5.41) is 12.5. The second kappa shape index (κ2) is 3.37. The SMILES string of the molecule is CC1CCCC1(O)c1sccc1Br. The molecule has 1 N–H and O–H groups in total. The number of thiophene rings is 1. The minimum Gasteiger partial charge on any atom is -0.384 e. The summed E-state index contributed by atoms with van der Waals surface area (Å²) in [5.74, 6) is 0.391. The fourth-order valence-corrected chi connectivity index (χ4v) is 4.06. The fraction of sp³-hybridized carbons (Fsp3) is 0.600. The molecule has 0 spiro atoms. The Labute approximate surface area is 90.9 Å². The molecule has 1 saturated carbocycles. The number of hydrogen-bond donors (Lipinski definition) is 1. The highest BCUT2D eigenvalue weighted by Crippen LogP contribution is 2.47. The highest BCUT2D eigenvalue weighted by Gasteiger charge is 2.41. The van der Waals surface area contributed by atoms with Crippen molar-refractivity contribution in [3.05, 3.63) is 20.8 Å². The molecular weight excluding hydrogens is 248 g/mol. The van der Waals surface area contributed by atoms with E-state index in [4.69, 9.17) is 0 Å². The Morgan fingerprint density at radius 2 is 2.46 bits per heavy atom. The summed E-state index contributed by atoms with van der Waals surface area (Å²) >= 11 is 5.14. The van der Waals surface area contributed by atoms with E-state index in [1.807, 2.05) is 11.4 Å². The molecule has 1 aromatic rings. The van der Waals surface area contributed by atoms with Crippen molar-refractivity contribution in [3.63, 3.8) is 0 Å². The summed E-state index contributed by atoms with van der Waals surface area (Å²) in [6, 6.07) is 2.02. The van der Waals surface area contributed by atoms with Crippen molar-refractivity contribution in [3.8, 4) is 0 Å². The second-order valence-electron chi connectivity index (χ2n) is 3.82. The van der Waals surface area contributed by atoms with Crippen molar-refractivity contribution in [2.24, 2.45) is 5.92 Å². The third kappa shape index (κ3) is 1.47. The first kappa shape index (κ1) is 9.69. The second-order valence-corrected chi connectivity index (χ2v) is 5.59. The predicted octanol–water partition coefficient (Wildman–Crippen LogP) is 3.52. The van der Waals surface area contributed by atoms with Crippen LogP contribution in [-0.4, -0.2) is 5.11 Å². The van der Waals surface area contributed by atoms with E-state index in [1.165, 1.54) is 0 Å². The summed E-state index contributed by atoms with van der Waals surface area (Å²) in [5.41, 5.74) is -0.563. The van der Waals surface area contributed by atoms with Gasteiger partial charge >= 0.3 is 0 Å². The third-order valence-electron chi connectivity index (χ3n) is 3.02. The van der Waals surface area contributed by atoms with Crippen LogP contribution in [-0.2, 0) is 5.60 Å². The van der Waals surface area contributed by atoms with E-state index in [0.29, 0.717) is 5.92 Å². The maximum Gasteiger partial charge on any atom is 0.102 e. The lowest BCUT2D eigenvalue weighted by atomic mass is 9.91. The highest BCUT2D eigenvalue weighted by molar-refractivity contribution is 9.10. The largest absolute Gasteiger partial charge is 0.384 e. The lowest BCUT2D eigenvalue weighted by molar-refractivity contribution is 0.00747. The summed E-state index contributed by atoms with van der Waals surface area (Å²) in [4.78, 5) is 1.11. The average Bonchev–Trinajstić information content (AvgIpc) is 2.62. The molecular formula is C10H13BrOS. The van der Waals surface area contributed by atoms with Crippen LogP contribution >= 0.6 is 27.3 Å². The molecule has 2 unspecified atom stereocenters. The van der Waals surface area contributed by atoms with Crippen molar-refractivity contribution in [1.82, 2.24) is 0 Å². The van der Waals surface area contributed by atoms with E-state index in [-0.39, 0.29) is 0 Å². The Bertz CT molecular complexity index is 310. The highest BCUT2D eigenvalue weighted by atomic mass is 79.9. The predicted molar refractivity (Wildman–Crippen MR) is 58.9 cm³/mol. The molecule has 1 aromatic heterocycles. The molecule has 1 heterocycles. The molecule has 0 saturated heterocycles. The first-order valence-electron chi connectivity index (χ1n) is 4.60. The molecule has 3 heteroatoms. The zero-order chi connectivity index (χ0) is 9.47. The van der Waals surface area contributed by atoms with Crippen LogP contribution in [0.5, 0.6) is 0 Å². The molecule has 13 heavy (non-hydrogen) atoms. The van der Waals surface area contributed by atoms with Crippen LogP contribution in [0, 0.1) is 5.92 Å². The van der Waals surface area contributed by atoms with Gasteiger partial charge in [0.25, 0.3) is 0 Å². The van der Waals surface area contributed by atoms with Crippen molar-refractivity contribution >= 4 is 27.3 Å². The zero-order valence-corrected chi connectivity index (χ0v) is 9.99. The van der Waals surface area contributed by atoms with Gasteiger partial charge in [-0.05, 0) is 52.6 Å². The lowest BCUT2D eigenvalue weighted by Gasteiger charge is -2.26. The van der Waals surface area contributed by atoms with Crippen LogP contribution in [0.15, 0.2) is 15.9 Å². The van der Waals surface area contributed by atoms with Gasteiger partial charge < -0.3 is 5.11 Å². The van der Waals surface area contributed by atoms with Gasteiger partial charge in [0.2, 0.25) is 0 Å². The molecule has 0 aromatic carbocycles. The van der Waals surface area contributed by atoms with Crippen molar-refractivity contribution in [2.75, 3.05) is 0 Å². The Balaban J connectivity index is 2.39. The molecule has 2 rings (SSSR count). The quantitative estimate of drug-likeness (QED) is 0.820. The number of aliphatic hydroxyl groups is 1. The summed E-state index contributed by atoms with van der Waals surface area (Å²) in [6.07, 6.45) is 3.19. The van der Waals surface area contributed by atoms with Crippen LogP contribution < -0.4 is 0 Å². The molecule has 0 amide bonds. The molecule has 1 aliphatic rings. The van der Waals surface area contributed by atoms with Gasteiger partial charge in [-0.25, -0.2) is 0 Å². The minimum atomic E-state index is -0.563. The summed E-state index contributed by atoms with van der Waals surface area (Å²) in [7, 11) is 0. The molecule has 0 bridgehead atoms. The van der Waals surface area contributed by atoms with E-state index in [2.05, 4.69) is 22.9 Å². The van der Waals surface area contributed by atoms with Gasteiger partial charge in [0, 0.05) is 4.47 Å². The minimum absolute atomic E-state index is 0.391. The smallest absolute Gasteiger partial charge is 0.102 e. The Morgan fingerprint density at radius 1 is 1.69 bits per heavy atom. The standard InChI is InChI=1S/C10H13BrOS/c1-7-3-2-5-10(7,12)9-8(11)4-6-13-9/h4,6-7,12H,2-3,5H2,1H3. The molecule has 2 atom stereocenters. The first-order valence-corrected chi connectivity index (χ1v) is 6.27. The van der Waals surface area contributed by atoms with Crippen molar-refractivity contribution in [1.29, 1.82) is 0 Å². The van der Waals surface area contributed by atoms with E-state index >= 15 is 0 Å². The molecule has 0 aliphatic heterocycles. The number of rotatable bonds is 1. The van der Waals surface area contributed by atoms with Crippen LogP contribution in [0.1, 0.15) is 31.1 Å². The summed E-state index contributed by atoms with van der Waals surface area (Å²) in [6.45, 7) is 2.14. The summed E-state index contributed by atoms with van der Waals surface area (Å²) < 4.78 is 1.06. The zero-order valence-electron chi connectivity index (χ0n) is 7.59. The lowest BCUT2D eigenvalue weighted by Crippen LogP contribution is -2.27. The van der Waals surface area contributed by atoms with Crippen LogP contribution in [0.4, 0.5) is 0 Å². The van der Waals surface area contributed by atoms with Crippen LogP contribution in [0.2, 0.25) is 0 Å². The molecule has 72 valence electrons. The van der Waals surface area contributed by atoms with Gasteiger partial charge in [-0.3, -0.25) is 0 Å². The molecule has 1 aliphatic carbocycles. The van der Waals surface area contributed by atoms with E-state index < -0.39 is 5.60 Å². The van der Waals surface area contributed by atoms with Gasteiger partial charge in [0.15, 0.2) is 0 Å². The number of hydrogen-bond acceptors (Lipinski definition) is 2. The van der Waals surface area contributed by atoms with Crippen molar-refractivity contribution < 1.29 is 5.11 Å². The normalized spacial score (nSPS) is 33.9. The van der Waals surface area contributed by atoms with E-state index in [0.717, 1.165) is 28.6 Å². The van der Waals surface area contributed by atoms with Crippen LogP contribution in [0.3, 0.4) is 0 Å². The van der Waals surface area contributed by atoms with Crippen molar-refractivity contribution in [2.45, 2.75) is 31.8 Å².